The quantitative estimate of drug-likeness (QED) is 0.718. The van der Waals surface area contributed by atoms with Gasteiger partial charge < -0.3 is 4.74 Å². The van der Waals surface area contributed by atoms with Gasteiger partial charge >= 0.3 is 5.97 Å². The van der Waals surface area contributed by atoms with Crippen LogP contribution in [0.5, 0.6) is 0 Å². The summed E-state index contributed by atoms with van der Waals surface area (Å²) in [6, 6.07) is -0.343. The second kappa shape index (κ2) is 5.82. The molecule has 0 radical (unpaired) electrons. The molecule has 2 heterocycles. The van der Waals surface area contributed by atoms with Crippen molar-refractivity contribution >= 4 is 11.8 Å². The summed E-state index contributed by atoms with van der Waals surface area (Å²) in [5.74, 6) is 0.555. The summed E-state index contributed by atoms with van der Waals surface area (Å²) in [5, 5.41) is 0. The number of carbonyl (C=O) groups excluding carboxylic acids is 2. The van der Waals surface area contributed by atoms with Crippen LogP contribution in [0.4, 0.5) is 0 Å². The molecule has 2 saturated heterocycles. The van der Waals surface area contributed by atoms with Gasteiger partial charge in [0.15, 0.2) is 5.78 Å². The molecule has 0 aromatic rings. The Morgan fingerprint density at radius 3 is 2.70 bits per heavy atom. The monoisotopic (exact) mass is 282 g/mol. The van der Waals surface area contributed by atoms with Gasteiger partial charge in [0.1, 0.15) is 6.04 Å². The number of ketones is 1. The highest BCUT2D eigenvalue weighted by molar-refractivity contribution is 5.93. The van der Waals surface area contributed by atoms with Gasteiger partial charge in [-0.2, -0.15) is 0 Å². The highest BCUT2D eigenvalue weighted by Gasteiger charge is 2.53. The number of Topliss-reactive ketones (excluding diaryl/α,β-unsaturated/α-hetero) is 1. The lowest BCUT2D eigenvalue weighted by molar-refractivity contribution is -0.146. The zero-order valence-electron chi connectivity index (χ0n) is 13.0. The molecule has 0 saturated carbocycles. The van der Waals surface area contributed by atoms with Crippen LogP contribution in [0.1, 0.15) is 33.6 Å². The molecular weight excluding hydrogens is 256 g/mol. The summed E-state index contributed by atoms with van der Waals surface area (Å²) in [5.41, 5.74) is -0.355. The van der Waals surface area contributed by atoms with E-state index in [2.05, 4.69) is 18.7 Å². The average molecular weight is 282 g/mol. The van der Waals surface area contributed by atoms with Crippen molar-refractivity contribution < 1.29 is 14.3 Å². The number of carbonyl (C=O) groups is 2. The van der Waals surface area contributed by atoms with Gasteiger partial charge in [-0.05, 0) is 32.2 Å². The summed E-state index contributed by atoms with van der Waals surface area (Å²) in [4.78, 5) is 28.6. The Morgan fingerprint density at radius 2 is 2.10 bits per heavy atom. The Hall–Kier alpha value is -0.940. The smallest absolute Gasteiger partial charge is 0.322 e. The number of ether oxygens (including phenoxy) is 1. The zero-order valence-corrected chi connectivity index (χ0v) is 13.0. The van der Waals surface area contributed by atoms with Gasteiger partial charge in [-0.3, -0.25) is 19.4 Å². The van der Waals surface area contributed by atoms with E-state index in [-0.39, 0.29) is 23.3 Å². The van der Waals surface area contributed by atoms with Gasteiger partial charge in [-0.1, -0.05) is 13.8 Å². The highest BCUT2D eigenvalue weighted by atomic mass is 16.5. The minimum Gasteiger partial charge on any atom is -0.468 e. The van der Waals surface area contributed by atoms with Gasteiger partial charge in [0.25, 0.3) is 0 Å². The molecule has 0 unspecified atom stereocenters. The number of nitrogens with zero attached hydrogens (tertiary/aromatic N) is 2. The highest BCUT2D eigenvalue weighted by Crippen LogP contribution is 2.36. The first-order chi connectivity index (χ1) is 9.40. The van der Waals surface area contributed by atoms with E-state index in [0.717, 1.165) is 25.9 Å². The summed E-state index contributed by atoms with van der Waals surface area (Å²) in [6.07, 6.45) is 1.99. The molecule has 0 N–H and O–H groups in total. The number of rotatable bonds is 4. The molecule has 5 nitrogen and oxygen atoms in total. The van der Waals surface area contributed by atoms with Crippen LogP contribution in [0.2, 0.25) is 0 Å². The lowest BCUT2D eigenvalue weighted by Gasteiger charge is -2.35. The van der Waals surface area contributed by atoms with Gasteiger partial charge in [0.2, 0.25) is 0 Å². The minimum absolute atomic E-state index is 0.261. The van der Waals surface area contributed by atoms with Crippen molar-refractivity contribution in [2.24, 2.45) is 5.92 Å². The Labute approximate surface area is 121 Å². The van der Waals surface area contributed by atoms with Gasteiger partial charge in [0.05, 0.1) is 19.2 Å². The third-order valence-electron chi connectivity index (χ3n) is 4.63. The first-order valence-corrected chi connectivity index (χ1v) is 7.51. The molecule has 5 heteroatoms. The van der Waals surface area contributed by atoms with Crippen LogP contribution in [0.15, 0.2) is 0 Å². The van der Waals surface area contributed by atoms with E-state index < -0.39 is 0 Å². The maximum atomic E-state index is 12.6. The molecule has 0 aromatic carbocycles. The van der Waals surface area contributed by atoms with Crippen LogP contribution in [-0.2, 0) is 14.3 Å². The minimum atomic E-state index is -0.355. The van der Waals surface area contributed by atoms with Crippen LogP contribution in [0, 0.1) is 5.92 Å². The summed E-state index contributed by atoms with van der Waals surface area (Å²) in [7, 11) is 1.40. The topological polar surface area (TPSA) is 49.9 Å². The van der Waals surface area contributed by atoms with Crippen LogP contribution < -0.4 is 0 Å². The van der Waals surface area contributed by atoms with E-state index in [1.54, 1.807) is 0 Å². The van der Waals surface area contributed by atoms with Crippen molar-refractivity contribution in [3.63, 3.8) is 0 Å². The van der Waals surface area contributed by atoms with Gasteiger partial charge in [-0.15, -0.1) is 0 Å². The first-order valence-electron chi connectivity index (χ1n) is 7.51. The molecule has 2 atom stereocenters. The normalized spacial score (nSPS) is 29.6. The SMILES string of the molecule is COC(=O)[C@H](C)N1CC(=O)[C@]2(CCCN2CC(C)C)C1. The molecule has 20 heavy (non-hydrogen) atoms. The molecule has 114 valence electrons. The van der Waals surface area contributed by atoms with E-state index in [9.17, 15) is 9.59 Å². The van der Waals surface area contributed by atoms with E-state index >= 15 is 0 Å². The van der Waals surface area contributed by atoms with E-state index in [0.29, 0.717) is 19.0 Å². The molecule has 0 amide bonds. The predicted octanol–water partition coefficient (Wildman–Crippen LogP) is 0.923. The first kappa shape index (κ1) is 15.4. The van der Waals surface area contributed by atoms with Crippen LogP contribution in [0.25, 0.3) is 0 Å². The standard InChI is InChI=1S/C15H26N2O3/c1-11(2)8-17-7-5-6-15(17)10-16(9-13(15)18)12(3)14(19)20-4/h11-12H,5-10H2,1-4H3/t12-,15-/m0/s1. The lowest BCUT2D eigenvalue weighted by atomic mass is 9.93. The van der Waals surface area contributed by atoms with Crippen LogP contribution >= 0.6 is 0 Å². The van der Waals surface area contributed by atoms with Gasteiger partial charge in [-0.25, -0.2) is 0 Å². The lowest BCUT2D eigenvalue weighted by Crippen LogP contribution is -2.52. The van der Waals surface area contributed by atoms with Crippen LogP contribution in [-0.4, -0.2) is 66.4 Å². The van der Waals surface area contributed by atoms with Crippen molar-refractivity contribution in [2.75, 3.05) is 33.3 Å². The maximum absolute atomic E-state index is 12.6. The Bertz CT molecular complexity index is 397. The maximum Gasteiger partial charge on any atom is 0.322 e. The Morgan fingerprint density at radius 1 is 1.40 bits per heavy atom. The fourth-order valence-electron chi connectivity index (χ4n) is 3.54. The van der Waals surface area contributed by atoms with Gasteiger partial charge in [0, 0.05) is 13.1 Å². The summed E-state index contributed by atoms with van der Waals surface area (Å²) in [6.45, 7) is 9.15. The van der Waals surface area contributed by atoms with Crippen molar-refractivity contribution in [3.8, 4) is 0 Å². The zero-order chi connectivity index (χ0) is 14.9. The van der Waals surface area contributed by atoms with E-state index in [4.69, 9.17) is 4.74 Å². The second-order valence-corrected chi connectivity index (χ2v) is 6.50. The molecule has 1 spiro atoms. The molecule has 2 aliphatic heterocycles. The third kappa shape index (κ3) is 2.61. The molecule has 2 aliphatic rings. The second-order valence-electron chi connectivity index (χ2n) is 6.50. The fourth-order valence-corrected chi connectivity index (χ4v) is 3.54. The number of likely N-dealkylation sites (tertiary alicyclic amines) is 2. The number of hydrogen-bond acceptors (Lipinski definition) is 5. The molecular formula is C15H26N2O3. The number of methoxy groups -OCH3 is 1. The Balaban J connectivity index is 2.13. The predicted molar refractivity (Wildman–Crippen MR) is 76.4 cm³/mol. The largest absolute Gasteiger partial charge is 0.468 e. The molecule has 2 fully saturated rings. The van der Waals surface area contributed by atoms with Crippen molar-refractivity contribution in [3.05, 3.63) is 0 Å². The summed E-state index contributed by atoms with van der Waals surface area (Å²) >= 11 is 0. The molecule has 0 aliphatic carbocycles. The van der Waals surface area contributed by atoms with Crippen molar-refractivity contribution in [1.29, 1.82) is 0 Å². The molecule has 0 bridgehead atoms. The average Bonchev–Trinajstić information content (AvgIpc) is 2.94. The fraction of sp³-hybridized carbons (Fsp3) is 0.867. The Kier molecular flexibility index (Phi) is 4.49. The van der Waals surface area contributed by atoms with E-state index in [1.807, 2.05) is 11.8 Å². The van der Waals surface area contributed by atoms with Crippen molar-refractivity contribution in [2.45, 2.75) is 45.2 Å². The molecule has 0 aromatic heterocycles. The van der Waals surface area contributed by atoms with Crippen molar-refractivity contribution in [1.82, 2.24) is 9.80 Å². The van der Waals surface area contributed by atoms with Crippen LogP contribution in [0.3, 0.4) is 0 Å². The number of hydrogen-bond donors (Lipinski definition) is 0. The van der Waals surface area contributed by atoms with E-state index in [1.165, 1.54) is 7.11 Å². The molecule has 2 rings (SSSR count). The number of esters is 1. The third-order valence-corrected chi connectivity index (χ3v) is 4.63. The summed E-state index contributed by atoms with van der Waals surface area (Å²) < 4.78 is 4.80.